The molecule has 7 nitrogen and oxygen atoms in total. The lowest BCUT2D eigenvalue weighted by Gasteiger charge is -2.34. The maximum atomic E-state index is 12.9. The molecular formula is C21H32N6O. The topological polar surface area (TPSA) is 66.3 Å². The lowest BCUT2D eigenvalue weighted by molar-refractivity contribution is 0.0908. The summed E-state index contributed by atoms with van der Waals surface area (Å²) in [5.41, 5.74) is 1.27. The normalized spacial score (nSPS) is 22.0. The van der Waals surface area contributed by atoms with Crippen LogP contribution in [0.4, 0.5) is 5.82 Å². The van der Waals surface area contributed by atoms with Crippen LogP contribution in [-0.2, 0) is 7.05 Å². The van der Waals surface area contributed by atoms with E-state index in [1.54, 1.807) is 4.68 Å². The predicted octanol–water partition coefficient (Wildman–Crippen LogP) is 2.56. The molecule has 2 saturated heterocycles. The highest BCUT2D eigenvalue weighted by Crippen LogP contribution is 2.26. The van der Waals surface area contributed by atoms with Gasteiger partial charge in [0, 0.05) is 38.8 Å². The molecule has 0 spiro atoms. The van der Waals surface area contributed by atoms with Crippen LogP contribution in [-0.4, -0.2) is 63.8 Å². The summed E-state index contributed by atoms with van der Waals surface area (Å²) in [6.07, 6.45) is 5.70. The Labute approximate surface area is 167 Å². The second kappa shape index (κ2) is 8.07. The van der Waals surface area contributed by atoms with Crippen LogP contribution in [0, 0.1) is 0 Å². The molecule has 1 N–H and O–H groups in total. The van der Waals surface area contributed by atoms with E-state index < -0.39 is 0 Å². The van der Waals surface area contributed by atoms with Crippen molar-refractivity contribution in [2.45, 2.75) is 58.0 Å². The second-order valence-corrected chi connectivity index (χ2v) is 8.23. The molecule has 1 unspecified atom stereocenters. The van der Waals surface area contributed by atoms with Crippen molar-refractivity contribution in [1.82, 2.24) is 25.0 Å². The Balaban J connectivity index is 1.52. The van der Waals surface area contributed by atoms with Crippen LogP contribution in [0.25, 0.3) is 11.0 Å². The van der Waals surface area contributed by atoms with Crippen molar-refractivity contribution in [3.8, 4) is 0 Å². The molecule has 0 bridgehead atoms. The van der Waals surface area contributed by atoms with Gasteiger partial charge in [-0.05, 0) is 57.7 Å². The number of hydrogen-bond donors (Lipinski definition) is 1. The molecule has 152 valence electrons. The van der Waals surface area contributed by atoms with Gasteiger partial charge in [0.15, 0.2) is 11.3 Å². The molecule has 0 aromatic carbocycles. The van der Waals surface area contributed by atoms with Gasteiger partial charge in [-0.2, -0.15) is 5.10 Å². The average molecular weight is 385 g/mol. The van der Waals surface area contributed by atoms with Crippen LogP contribution in [0.1, 0.15) is 56.4 Å². The number of nitrogens with one attached hydrogen (secondary N) is 1. The second-order valence-electron chi connectivity index (χ2n) is 8.23. The van der Waals surface area contributed by atoms with Crippen molar-refractivity contribution >= 4 is 22.8 Å². The van der Waals surface area contributed by atoms with Gasteiger partial charge in [0.25, 0.3) is 5.91 Å². The lowest BCUT2D eigenvalue weighted by atomic mass is 10.0. The van der Waals surface area contributed by atoms with E-state index in [1.807, 2.05) is 19.2 Å². The smallest absolute Gasteiger partial charge is 0.272 e. The third-order valence-corrected chi connectivity index (χ3v) is 6.35. The van der Waals surface area contributed by atoms with Crippen molar-refractivity contribution in [3.63, 3.8) is 0 Å². The number of fused-ring (bicyclic) bond motifs is 1. The number of carbonyl (C=O) groups is 1. The van der Waals surface area contributed by atoms with Crippen molar-refractivity contribution in [2.75, 3.05) is 31.1 Å². The number of likely N-dealkylation sites (tertiary alicyclic amines) is 1. The maximum Gasteiger partial charge on any atom is 0.272 e. The Bertz CT molecular complexity index is 839. The lowest BCUT2D eigenvalue weighted by Crippen LogP contribution is -2.44. The number of aromatic nitrogens is 3. The maximum absolute atomic E-state index is 12.9. The molecule has 2 aliphatic rings. The molecule has 1 amide bonds. The highest BCUT2D eigenvalue weighted by molar-refractivity contribution is 6.04. The average Bonchev–Trinajstić information content (AvgIpc) is 3.05. The summed E-state index contributed by atoms with van der Waals surface area (Å²) in [6.45, 7) is 8.66. The SMILES string of the molecule is CCN1CCC(NC(=O)c2nn(C)c3nc(N4CCCCC4C)ccc23)CC1. The number of aryl methyl sites for hydroxylation is 1. The van der Waals surface area contributed by atoms with Gasteiger partial charge in [0.2, 0.25) is 0 Å². The van der Waals surface area contributed by atoms with Crippen molar-refractivity contribution in [3.05, 3.63) is 17.8 Å². The van der Waals surface area contributed by atoms with Gasteiger partial charge < -0.3 is 15.1 Å². The Kier molecular flexibility index (Phi) is 5.53. The van der Waals surface area contributed by atoms with Crippen molar-refractivity contribution < 1.29 is 4.79 Å². The van der Waals surface area contributed by atoms with Gasteiger partial charge in [0.05, 0.1) is 5.39 Å². The molecule has 0 radical (unpaired) electrons. The fraction of sp³-hybridized carbons (Fsp3) is 0.667. The number of carbonyl (C=O) groups excluding carboxylic acids is 1. The standard InChI is InChI=1S/C21H32N6O/c1-4-26-13-10-16(11-14-26)22-21(28)19-17-8-9-18(23-20(17)25(3)24-19)27-12-6-5-7-15(27)2/h8-9,15-16H,4-7,10-14H2,1-3H3,(H,22,28). The van der Waals surface area contributed by atoms with Crippen LogP contribution >= 0.6 is 0 Å². The van der Waals surface area contributed by atoms with E-state index in [0.717, 1.165) is 55.9 Å². The first-order chi connectivity index (χ1) is 13.6. The van der Waals surface area contributed by atoms with Gasteiger partial charge in [-0.3, -0.25) is 4.79 Å². The number of anilines is 1. The van der Waals surface area contributed by atoms with E-state index in [2.05, 4.69) is 34.1 Å². The Morgan fingerprint density at radius 1 is 1.18 bits per heavy atom. The van der Waals surface area contributed by atoms with Gasteiger partial charge in [-0.15, -0.1) is 0 Å². The minimum atomic E-state index is -0.0820. The summed E-state index contributed by atoms with van der Waals surface area (Å²) in [5.74, 6) is 0.906. The summed E-state index contributed by atoms with van der Waals surface area (Å²) in [5, 5.41) is 8.53. The predicted molar refractivity (Wildman–Crippen MR) is 112 cm³/mol. The molecule has 4 rings (SSSR count). The number of hydrogen-bond acceptors (Lipinski definition) is 5. The molecule has 2 fully saturated rings. The van der Waals surface area contributed by atoms with E-state index in [9.17, 15) is 4.79 Å². The van der Waals surface area contributed by atoms with Crippen LogP contribution in [0.15, 0.2) is 12.1 Å². The molecule has 0 saturated carbocycles. The van der Waals surface area contributed by atoms with Crippen molar-refractivity contribution in [1.29, 1.82) is 0 Å². The van der Waals surface area contributed by atoms with E-state index in [0.29, 0.717) is 11.7 Å². The number of piperidine rings is 2. The minimum Gasteiger partial charge on any atom is -0.354 e. The zero-order valence-corrected chi connectivity index (χ0v) is 17.3. The van der Waals surface area contributed by atoms with Crippen LogP contribution in [0.3, 0.4) is 0 Å². The van der Waals surface area contributed by atoms with E-state index in [1.165, 1.54) is 19.3 Å². The van der Waals surface area contributed by atoms with Crippen molar-refractivity contribution in [2.24, 2.45) is 7.05 Å². The zero-order chi connectivity index (χ0) is 19.7. The molecule has 0 aliphatic carbocycles. The third kappa shape index (κ3) is 3.72. The summed E-state index contributed by atoms with van der Waals surface area (Å²) >= 11 is 0. The molecule has 1 atom stereocenters. The molecular weight excluding hydrogens is 352 g/mol. The number of nitrogens with zero attached hydrogens (tertiary/aromatic N) is 5. The quantitative estimate of drug-likeness (QED) is 0.878. The number of amides is 1. The molecule has 2 aromatic heterocycles. The minimum absolute atomic E-state index is 0.0820. The van der Waals surface area contributed by atoms with Gasteiger partial charge in [-0.25, -0.2) is 9.67 Å². The summed E-state index contributed by atoms with van der Waals surface area (Å²) in [7, 11) is 1.87. The van der Waals surface area contributed by atoms with Crippen LogP contribution in [0.2, 0.25) is 0 Å². The van der Waals surface area contributed by atoms with E-state index in [-0.39, 0.29) is 11.9 Å². The van der Waals surface area contributed by atoms with Gasteiger partial charge >= 0.3 is 0 Å². The van der Waals surface area contributed by atoms with Gasteiger partial charge in [0.1, 0.15) is 5.82 Å². The zero-order valence-electron chi connectivity index (χ0n) is 17.3. The fourth-order valence-corrected chi connectivity index (χ4v) is 4.53. The number of pyridine rings is 1. The molecule has 2 aliphatic heterocycles. The molecule has 2 aromatic rings. The first kappa shape index (κ1) is 19.2. The van der Waals surface area contributed by atoms with Crippen LogP contribution in [0.5, 0.6) is 0 Å². The molecule has 7 heteroatoms. The Morgan fingerprint density at radius 3 is 2.68 bits per heavy atom. The first-order valence-corrected chi connectivity index (χ1v) is 10.7. The highest BCUT2D eigenvalue weighted by atomic mass is 16.2. The monoisotopic (exact) mass is 384 g/mol. The summed E-state index contributed by atoms with van der Waals surface area (Å²) in [4.78, 5) is 22.5. The fourth-order valence-electron chi connectivity index (χ4n) is 4.53. The highest BCUT2D eigenvalue weighted by Gasteiger charge is 2.25. The van der Waals surface area contributed by atoms with Crippen LogP contribution < -0.4 is 10.2 Å². The largest absolute Gasteiger partial charge is 0.354 e. The Morgan fingerprint density at radius 2 is 1.96 bits per heavy atom. The van der Waals surface area contributed by atoms with E-state index >= 15 is 0 Å². The Hall–Kier alpha value is -2.15. The van der Waals surface area contributed by atoms with Gasteiger partial charge in [-0.1, -0.05) is 6.92 Å². The molecule has 28 heavy (non-hydrogen) atoms. The van der Waals surface area contributed by atoms with E-state index in [4.69, 9.17) is 4.98 Å². The summed E-state index contributed by atoms with van der Waals surface area (Å²) in [6, 6.07) is 4.79. The number of rotatable bonds is 4. The summed E-state index contributed by atoms with van der Waals surface area (Å²) < 4.78 is 1.74. The third-order valence-electron chi connectivity index (χ3n) is 6.35. The molecule has 4 heterocycles. The first-order valence-electron chi connectivity index (χ1n) is 10.7.